The van der Waals surface area contributed by atoms with Crippen LogP contribution >= 0.6 is 0 Å². The quantitative estimate of drug-likeness (QED) is 0.170. The normalized spacial score (nSPS) is 11.8. The number of halogens is 1. The predicted molar refractivity (Wildman–Crippen MR) is 180 cm³/mol. The standard InChI is InChI=1S/C36H34FN3O4S/c1-5-6-9-22-16-25(18-26(17-22)31-19-24-10-7-8-11-30(24)39-31)28-20-29-33(21-32(28)40(3)45(4,42)43)44-35(34(29)36(41)38-2)23-12-14-27(37)15-13-23/h7-8,10-21,39H,5-6,9H2,1-4H3,(H,38,41). The van der Waals surface area contributed by atoms with Gasteiger partial charge in [-0.25, -0.2) is 12.8 Å². The summed E-state index contributed by atoms with van der Waals surface area (Å²) in [6, 6.07) is 25.7. The van der Waals surface area contributed by atoms with E-state index < -0.39 is 15.8 Å². The Labute approximate surface area is 261 Å². The van der Waals surface area contributed by atoms with E-state index in [1.807, 2.05) is 30.3 Å². The lowest BCUT2D eigenvalue weighted by Gasteiger charge is -2.21. The van der Waals surface area contributed by atoms with Gasteiger partial charge in [-0.05, 0) is 84.1 Å². The molecule has 0 radical (unpaired) electrons. The zero-order chi connectivity index (χ0) is 31.9. The smallest absolute Gasteiger partial charge is 0.255 e. The number of anilines is 1. The van der Waals surface area contributed by atoms with E-state index >= 15 is 0 Å². The molecule has 6 aromatic rings. The number of amides is 1. The highest BCUT2D eigenvalue weighted by atomic mass is 32.2. The van der Waals surface area contributed by atoms with Crippen LogP contribution in [-0.4, -0.2) is 39.7 Å². The molecule has 4 aromatic carbocycles. The largest absolute Gasteiger partial charge is 0.455 e. The minimum absolute atomic E-state index is 0.268. The lowest BCUT2D eigenvalue weighted by molar-refractivity contribution is 0.0964. The molecule has 9 heteroatoms. The second kappa shape index (κ2) is 11.9. The molecule has 6 rings (SSSR count). The van der Waals surface area contributed by atoms with Gasteiger partial charge in [-0.3, -0.25) is 9.10 Å². The maximum Gasteiger partial charge on any atom is 0.255 e. The number of fused-ring (bicyclic) bond motifs is 2. The third-order valence-electron chi connectivity index (χ3n) is 8.17. The van der Waals surface area contributed by atoms with E-state index in [1.165, 1.54) is 30.5 Å². The van der Waals surface area contributed by atoms with Gasteiger partial charge in [-0.2, -0.15) is 0 Å². The molecule has 0 spiro atoms. The second-order valence-corrected chi connectivity index (χ2v) is 13.3. The monoisotopic (exact) mass is 623 g/mol. The molecular weight excluding hydrogens is 589 g/mol. The number of H-pyrrole nitrogens is 1. The Morgan fingerprint density at radius 2 is 1.69 bits per heavy atom. The predicted octanol–water partition coefficient (Wildman–Crippen LogP) is 8.15. The van der Waals surface area contributed by atoms with Crippen LogP contribution in [0.5, 0.6) is 0 Å². The van der Waals surface area contributed by atoms with Crippen molar-refractivity contribution in [1.29, 1.82) is 0 Å². The fraction of sp³-hybridized carbons (Fsp3) is 0.194. The number of aromatic nitrogens is 1. The molecule has 2 aromatic heterocycles. The first-order valence-corrected chi connectivity index (χ1v) is 16.7. The molecule has 0 atom stereocenters. The van der Waals surface area contributed by atoms with Gasteiger partial charge in [0.15, 0.2) is 0 Å². The first kappa shape index (κ1) is 30.1. The molecule has 0 aliphatic carbocycles. The maximum absolute atomic E-state index is 13.8. The first-order valence-electron chi connectivity index (χ1n) is 14.8. The Kier molecular flexibility index (Phi) is 7.97. The highest BCUT2D eigenvalue weighted by Crippen LogP contribution is 2.42. The zero-order valence-electron chi connectivity index (χ0n) is 25.6. The summed E-state index contributed by atoms with van der Waals surface area (Å²) >= 11 is 0. The van der Waals surface area contributed by atoms with Gasteiger partial charge in [0, 0.05) is 53.3 Å². The van der Waals surface area contributed by atoms with Gasteiger partial charge in [0.25, 0.3) is 5.91 Å². The molecule has 0 unspecified atom stereocenters. The first-order chi connectivity index (χ1) is 21.6. The third-order valence-corrected chi connectivity index (χ3v) is 9.36. The Morgan fingerprint density at radius 1 is 0.956 bits per heavy atom. The van der Waals surface area contributed by atoms with Crippen LogP contribution < -0.4 is 9.62 Å². The van der Waals surface area contributed by atoms with E-state index in [4.69, 9.17) is 4.42 Å². The summed E-state index contributed by atoms with van der Waals surface area (Å²) in [5, 5.41) is 4.30. The van der Waals surface area contributed by atoms with Crippen LogP contribution in [0.25, 0.3) is 55.6 Å². The van der Waals surface area contributed by atoms with Crippen molar-refractivity contribution >= 4 is 43.5 Å². The summed E-state index contributed by atoms with van der Waals surface area (Å²) in [5.41, 5.74) is 7.02. The highest BCUT2D eigenvalue weighted by molar-refractivity contribution is 7.92. The number of carbonyl (C=O) groups excluding carboxylic acids is 1. The van der Waals surface area contributed by atoms with E-state index in [1.54, 1.807) is 18.2 Å². The maximum atomic E-state index is 13.8. The van der Waals surface area contributed by atoms with E-state index in [2.05, 4.69) is 41.5 Å². The number of nitrogens with zero attached hydrogens (tertiary/aromatic N) is 1. The summed E-state index contributed by atoms with van der Waals surface area (Å²) in [4.78, 5) is 16.8. The van der Waals surface area contributed by atoms with Gasteiger partial charge >= 0.3 is 0 Å². The number of nitrogens with one attached hydrogen (secondary N) is 2. The van der Waals surface area contributed by atoms with Crippen molar-refractivity contribution in [3.8, 4) is 33.7 Å². The van der Waals surface area contributed by atoms with Crippen LogP contribution in [0.2, 0.25) is 0 Å². The summed E-state index contributed by atoms with van der Waals surface area (Å²) < 4.78 is 47.1. The van der Waals surface area contributed by atoms with Gasteiger partial charge in [-0.15, -0.1) is 0 Å². The highest BCUT2D eigenvalue weighted by Gasteiger charge is 2.26. The number of carbonyl (C=O) groups is 1. The van der Waals surface area contributed by atoms with Crippen molar-refractivity contribution in [3.05, 3.63) is 102 Å². The minimum atomic E-state index is -3.68. The fourth-order valence-electron chi connectivity index (χ4n) is 5.71. The van der Waals surface area contributed by atoms with Crippen LogP contribution in [-0.2, 0) is 16.4 Å². The molecule has 2 N–H and O–H groups in total. The Hall–Kier alpha value is -4.89. The van der Waals surface area contributed by atoms with Crippen LogP contribution in [0.3, 0.4) is 0 Å². The average molecular weight is 624 g/mol. The fourth-order valence-corrected chi connectivity index (χ4v) is 6.22. The summed E-state index contributed by atoms with van der Waals surface area (Å²) in [6.07, 6.45) is 4.02. The summed E-state index contributed by atoms with van der Waals surface area (Å²) in [5.74, 6) is -0.520. The number of aryl methyl sites for hydroxylation is 1. The number of para-hydroxylation sites is 1. The third kappa shape index (κ3) is 5.83. The number of furan rings is 1. The SMILES string of the molecule is CCCCc1cc(-c2cc3ccccc3[nH]2)cc(-c2cc3c(C(=O)NC)c(-c4ccc(F)cc4)oc3cc2N(C)S(C)(=O)=O)c1. The van der Waals surface area contributed by atoms with Crippen LogP contribution in [0.1, 0.15) is 35.7 Å². The summed E-state index contributed by atoms with van der Waals surface area (Å²) in [6.45, 7) is 2.15. The number of benzene rings is 4. The average Bonchev–Trinajstić information content (AvgIpc) is 3.64. The van der Waals surface area contributed by atoms with Crippen molar-refractivity contribution < 1.29 is 22.0 Å². The minimum Gasteiger partial charge on any atom is -0.455 e. The lowest BCUT2D eigenvalue weighted by Crippen LogP contribution is -2.25. The van der Waals surface area contributed by atoms with Crippen molar-refractivity contribution in [3.63, 3.8) is 0 Å². The molecule has 0 aliphatic heterocycles. The molecule has 0 aliphatic rings. The number of rotatable bonds is 9. The molecule has 7 nitrogen and oxygen atoms in total. The van der Waals surface area contributed by atoms with Crippen LogP contribution in [0, 0.1) is 5.82 Å². The topological polar surface area (TPSA) is 95.4 Å². The second-order valence-electron chi connectivity index (χ2n) is 11.3. The van der Waals surface area contributed by atoms with Crippen molar-refractivity contribution in [2.45, 2.75) is 26.2 Å². The van der Waals surface area contributed by atoms with E-state index in [0.29, 0.717) is 27.8 Å². The molecule has 0 saturated heterocycles. The van der Waals surface area contributed by atoms with Gasteiger partial charge in [0.2, 0.25) is 10.0 Å². The lowest BCUT2D eigenvalue weighted by atomic mass is 9.93. The molecule has 2 heterocycles. The van der Waals surface area contributed by atoms with E-state index in [9.17, 15) is 17.6 Å². The summed E-state index contributed by atoms with van der Waals surface area (Å²) in [7, 11) is -0.639. The molecule has 1 amide bonds. The van der Waals surface area contributed by atoms with Crippen LogP contribution in [0.4, 0.5) is 10.1 Å². The van der Waals surface area contributed by atoms with Gasteiger partial charge < -0.3 is 14.7 Å². The van der Waals surface area contributed by atoms with Crippen molar-refractivity contribution in [2.75, 3.05) is 24.7 Å². The number of hydrogen-bond acceptors (Lipinski definition) is 4. The van der Waals surface area contributed by atoms with Gasteiger partial charge in [0.1, 0.15) is 17.2 Å². The number of aromatic amines is 1. The van der Waals surface area contributed by atoms with Crippen molar-refractivity contribution in [2.24, 2.45) is 0 Å². The molecule has 0 bridgehead atoms. The molecule has 0 saturated carbocycles. The molecule has 230 valence electrons. The number of sulfonamides is 1. The van der Waals surface area contributed by atoms with Gasteiger partial charge in [-0.1, -0.05) is 37.6 Å². The zero-order valence-corrected chi connectivity index (χ0v) is 26.4. The molecule has 45 heavy (non-hydrogen) atoms. The van der Waals surface area contributed by atoms with Crippen LogP contribution in [0.15, 0.2) is 89.3 Å². The van der Waals surface area contributed by atoms with Gasteiger partial charge in [0.05, 0.1) is 17.5 Å². The van der Waals surface area contributed by atoms with E-state index in [0.717, 1.165) is 58.8 Å². The molecule has 0 fully saturated rings. The Bertz CT molecular complexity index is 2130. The molecular formula is C36H34FN3O4S. The Morgan fingerprint density at radius 3 is 2.38 bits per heavy atom. The number of hydrogen-bond donors (Lipinski definition) is 2. The Balaban J connectivity index is 1.64. The van der Waals surface area contributed by atoms with Crippen molar-refractivity contribution in [1.82, 2.24) is 10.3 Å². The number of unbranched alkanes of at least 4 members (excludes halogenated alkanes) is 1. The van der Waals surface area contributed by atoms with E-state index in [-0.39, 0.29) is 17.2 Å².